The number of halogens is 1. The Morgan fingerprint density at radius 3 is 2.08 bits per heavy atom. The molecule has 1 atom stereocenters. The summed E-state index contributed by atoms with van der Waals surface area (Å²) in [5.41, 5.74) is 0.332. The van der Waals surface area contributed by atoms with Crippen LogP contribution in [0, 0.1) is 12.7 Å². The molecule has 2 heterocycles. The third-order valence-electron chi connectivity index (χ3n) is 6.46. The van der Waals surface area contributed by atoms with Gasteiger partial charge in [-0.15, -0.1) is 0 Å². The van der Waals surface area contributed by atoms with Gasteiger partial charge in [-0.05, 0) is 25.1 Å². The van der Waals surface area contributed by atoms with Crippen LogP contribution in [0.3, 0.4) is 0 Å². The van der Waals surface area contributed by atoms with Crippen molar-refractivity contribution >= 4 is 23.1 Å². The number of hydrogen-bond acceptors (Lipinski definition) is 4. The van der Waals surface area contributed by atoms with Crippen LogP contribution in [0.1, 0.15) is 22.9 Å². The summed E-state index contributed by atoms with van der Waals surface area (Å²) in [6.45, 7) is 1.64. The van der Waals surface area contributed by atoms with Crippen LogP contribution < -0.4 is 10.5 Å². The van der Waals surface area contributed by atoms with E-state index in [1.165, 1.54) is 22.9 Å². The van der Waals surface area contributed by atoms with Crippen LogP contribution in [0.5, 0.6) is 0 Å². The molecule has 1 fully saturated rings. The molecule has 1 amide bonds. The van der Waals surface area contributed by atoms with Gasteiger partial charge in [0.1, 0.15) is 17.3 Å². The van der Waals surface area contributed by atoms with Gasteiger partial charge >= 0.3 is 0 Å². The Morgan fingerprint density at radius 2 is 1.44 bits per heavy atom. The van der Waals surface area contributed by atoms with Gasteiger partial charge in [-0.1, -0.05) is 66.7 Å². The number of rotatable bonds is 4. The van der Waals surface area contributed by atoms with Gasteiger partial charge in [0.05, 0.1) is 23.0 Å². The lowest BCUT2D eigenvalue weighted by atomic mass is 9.95. The zero-order valence-electron chi connectivity index (χ0n) is 19.6. The summed E-state index contributed by atoms with van der Waals surface area (Å²) in [6, 6.07) is 21.4. The first kappa shape index (κ1) is 23.0. The molecule has 7 nitrogen and oxygen atoms in total. The molecule has 0 spiro atoms. The minimum atomic E-state index is -1.34. The molecule has 3 aromatic carbocycles. The maximum absolute atomic E-state index is 15.1. The van der Waals surface area contributed by atoms with Crippen molar-refractivity contribution in [3.8, 4) is 5.69 Å². The standard InChI is InChI=1S/C28H22FN3O4/c1-17-23(27(35)32(30(17)2)19-13-7-4-8-14-19)31-24(20-15-9-10-16-21(20)29)22(26(34)28(31)36)25(33)18-11-5-3-6-12-18/h3-16,24,33H,1-2H3/b25-22-. The molecule has 1 N–H and O–H groups in total. The molecule has 180 valence electrons. The Kier molecular flexibility index (Phi) is 5.64. The van der Waals surface area contributed by atoms with Crippen LogP contribution in [0.25, 0.3) is 11.4 Å². The number of para-hydroxylation sites is 1. The van der Waals surface area contributed by atoms with Crippen molar-refractivity contribution < 1.29 is 19.1 Å². The minimum absolute atomic E-state index is 0.0110. The monoisotopic (exact) mass is 483 g/mol. The number of benzene rings is 3. The first-order valence-electron chi connectivity index (χ1n) is 11.3. The van der Waals surface area contributed by atoms with Crippen LogP contribution in [-0.2, 0) is 16.6 Å². The number of nitrogens with zero attached hydrogens (tertiary/aromatic N) is 3. The molecule has 36 heavy (non-hydrogen) atoms. The fourth-order valence-corrected chi connectivity index (χ4v) is 4.64. The van der Waals surface area contributed by atoms with Gasteiger partial charge < -0.3 is 5.11 Å². The number of aliphatic hydroxyl groups is 1. The fraction of sp³-hybridized carbons (Fsp3) is 0.107. The van der Waals surface area contributed by atoms with E-state index >= 15 is 4.39 Å². The summed E-state index contributed by atoms with van der Waals surface area (Å²) in [4.78, 5) is 41.5. The lowest BCUT2D eigenvalue weighted by molar-refractivity contribution is -0.132. The summed E-state index contributed by atoms with van der Waals surface area (Å²) in [5.74, 6) is -3.14. The number of Topliss-reactive ketones (excluding diaryl/α,β-unsaturated/α-hetero) is 1. The maximum Gasteiger partial charge on any atom is 0.300 e. The quantitative estimate of drug-likeness (QED) is 0.267. The van der Waals surface area contributed by atoms with Crippen LogP contribution in [0.15, 0.2) is 95.3 Å². The van der Waals surface area contributed by atoms with Gasteiger partial charge in [0.15, 0.2) is 0 Å². The Hall–Kier alpha value is -4.72. The van der Waals surface area contributed by atoms with Crippen LogP contribution in [-0.4, -0.2) is 26.2 Å². The molecule has 1 aromatic heterocycles. The zero-order chi connectivity index (χ0) is 25.6. The van der Waals surface area contributed by atoms with E-state index in [1.54, 1.807) is 79.3 Å². The van der Waals surface area contributed by atoms with Gasteiger partial charge in [0, 0.05) is 18.2 Å². The molecule has 1 aliphatic rings. The first-order chi connectivity index (χ1) is 17.3. The van der Waals surface area contributed by atoms with Gasteiger partial charge in [-0.2, -0.15) is 0 Å². The molecule has 0 bridgehead atoms. The highest BCUT2D eigenvalue weighted by Gasteiger charge is 2.49. The second-order valence-corrected chi connectivity index (χ2v) is 8.47. The van der Waals surface area contributed by atoms with E-state index in [9.17, 15) is 19.5 Å². The molecule has 0 radical (unpaired) electrons. The minimum Gasteiger partial charge on any atom is -0.507 e. The average Bonchev–Trinajstić information content (AvgIpc) is 3.27. The highest BCUT2D eigenvalue weighted by molar-refractivity contribution is 6.51. The number of aliphatic hydroxyl groups excluding tert-OH is 1. The van der Waals surface area contributed by atoms with E-state index in [-0.39, 0.29) is 16.8 Å². The Bertz CT molecular complexity index is 1590. The van der Waals surface area contributed by atoms with Crippen molar-refractivity contribution in [1.29, 1.82) is 0 Å². The lowest BCUT2D eigenvalue weighted by Crippen LogP contribution is -2.34. The third-order valence-corrected chi connectivity index (χ3v) is 6.46. The molecular formula is C28H22FN3O4. The normalized spacial score (nSPS) is 17.1. The molecular weight excluding hydrogens is 461 g/mol. The zero-order valence-corrected chi connectivity index (χ0v) is 19.6. The molecule has 8 heteroatoms. The topological polar surface area (TPSA) is 84.5 Å². The Morgan fingerprint density at radius 1 is 0.861 bits per heavy atom. The second-order valence-electron chi connectivity index (χ2n) is 8.47. The summed E-state index contributed by atoms with van der Waals surface area (Å²) in [5, 5.41) is 11.1. The van der Waals surface area contributed by atoms with Crippen molar-refractivity contribution in [3.63, 3.8) is 0 Å². The van der Waals surface area contributed by atoms with Crippen LogP contribution in [0.2, 0.25) is 0 Å². The number of ketones is 1. The number of aromatic nitrogens is 2. The van der Waals surface area contributed by atoms with E-state index < -0.39 is 34.9 Å². The first-order valence-corrected chi connectivity index (χ1v) is 11.3. The van der Waals surface area contributed by atoms with Gasteiger partial charge in [-0.3, -0.25) is 24.0 Å². The molecule has 1 unspecified atom stereocenters. The molecule has 5 rings (SSSR count). The second kappa shape index (κ2) is 8.81. The fourth-order valence-electron chi connectivity index (χ4n) is 4.64. The van der Waals surface area contributed by atoms with E-state index in [4.69, 9.17) is 0 Å². The summed E-state index contributed by atoms with van der Waals surface area (Å²) < 4.78 is 18.1. The van der Waals surface area contributed by atoms with E-state index in [0.717, 1.165) is 4.90 Å². The van der Waals surface area contributed by atoms with Crippen molar-refractivity contribution in [2.24, 2.45) is 7.05 Å². The molecule has 1 aliphatic heterocycles. The predicted octanol–water partition coefficient (Wildman–Crippen LogP) is 4.25. The molecule has 0 aliphatic carbocycles. The summed E-state index contributed by atoms with van der Waals surface area (Å²) in [7, 11) is 1.66. The Labute approximate surface area is 205 Å². The summed E-state index contributed by atoms with van der Waals surface area (Å²) >= 11 is 0. The van der Waals surface area contributed by atoms with Gasteiger partial charge in [0.25, 0.3) is 17.2 Å². The van der Waals surface area contributed by atoms with Gasteiger partial charge in [0.2, 0.25) is 0 Å². The highest BCUT2D eigenvalue weighted by Crippen LogP contribution is 2.43. The SMILES string of the molecule is Cc1c(N2C(=O)C(=O)/C(=C(\O)c3ccccc3)C2c2ccccc2F)c(=O)n(-c2ccccc2)n1C. The molecule has 4 aromatic rings. The third kappa shape index (κ3) is 3.46. The molecule has 0 saturated carbocycles. The van der Waals surface area contributed by atoms with Crippen LogP contribution in [0.4, 0.5) is 10.1 Å². The number of anilines is 1. The predicted molar refractivity (Wildman–Crippen MR) is 133 cm³/mol. The van der Waals surface area contributed by atoms with Gasteiger partial charge in [-0.25, -0.2) is 9.07 Å². The van der Waals surface area contributed by atoms with Crippen LogP contribution >= 0.6 is 0 Å². The lowest BCUT2D eigenvalue weighted by Gasteiger charge is -2.24. The average molecular weight is 483 g/mol. The number of amides is 1. The van der Waals surface area contributed by atoms with E-state index in [2.05, 4.69) is 0 Å². The van der Waals surface area contributed by atoms with E-state index in [0.29, 0.717) is 16.9 Å². The highest BCUT2D eigenvalue weighted by atomic mass is 19.1. The van der Waals surface area contributed by atoms with Crippen molar-refractivity contribution in [2.75, 3.05) is 4.90 Å². The number of hydrogen-bond donors (Lipinski definition) is 1. The Balaban J connectivity index is 1.81. The van der Waals surface area contributed by atoms with Crippen molar-refractivity contribution in [2.45, 2.75) is 13.0 Å². The van der Waals surface area contributed by atoms with Crippen molar-refractivity contribution in [3.05, 3.63) is 123 Å². The summed E-state index contributed by atoms with van der Waals surface area (Å²) in [6.07, 6.45) is 0. The van der Waals surface area contributed by atoms with E-state index in [1.807, 2.05) is 6.07 Å². The smallest absolute Gasteiger partial charge is 0.300 e. The van der Waals surface area contributed by atoms with Crippen molar-refractivity contribution in [1.82, 2.24) is 9.36 Å². The molecule has 1 saturated heterocycles. The largest absolute Gasteiger partial charge is 0.507 e. The number of carbonyl (C=O) groups excluding carboxylic acids is 2. The number of carbonyl (C=O) groups is 2. The maximum atomic E-state index is 15.1.